The Hall–Kier alpha value is -2.04. The van der Waals surface area contributed by atoms with Crippen molar-refractivity contribution in [1.82, 2.24) is 0 Å². The zero-order valence-corrected chi connectivity index (χ0v) is 8.73. The van der Waals surface area contributed by atoms with Gasteiger partial charge in [-0.05, 0) is 12.1 Å². The minimum absolute atomic E-state index is 0.0866. The van der Waals surface area contributed by atoms with Gasteiger partial charge in [0.25, 0.3) is 5.91 Å². The summed E-state index contributed by atoms with van der Waals surface area (Å²) in [5.41, 5.74) is 0.619. The molecule has 1 N–H and O–H groups in total. The molecule has 1 amide bonds. The molecule has 1 aliphatic rings. The lowest BCUT2D eigenvalue weighted by molar-refractivity contribution is -0.145. The highest BCUT2D eigenvalue weighted by Crippen LogP contribution is 2.29. The van der Waals surface area contributed by atoms with Crippen LogP contribution >= 0.6 is 0 Å². The first-order valence-electron chi connectivity index (χ1n) is 4.84. The molecule has 1 heterocycles. The lowest BCUT2D eigenvalue weighted by Crippen LogP contribution is -2.38. The standard InChI is InChI=1S/C11H11NO4/c1-15-10(13)6-9-11(14)12-7-4-2-3-5-8(7)16-9/h2-5,9H,6H2,1H3,(H,12,14)/t9-/m0/s1. The van der Waals surface area contributed by atoms with E-state index < -0.39 is 12.1 Å². The fourth-order valence-corrected chi connectivity index (χ4v) is 1.46. The number of carbonyl (C=O) groups excluding carboxylic acids is 2. The highest BCUT2D eigenvalue weighted by atomic mass is 16.5. The average Bonchev–Trinajstić information content (AvgIpc) is 2.30. The highest BCUT2D eigenvalue weighted by Gasteiger charge is 2.29. The lowest BCUT2D eigenvalue weighted by atomic mass is 10.1. The monoisotopic (exact) mass is 221 g/mol. The normalized spacial score (nSPS) is 18.1. The molecule has 5 nitrogen and oxygen atoms in total. The fraction of sp³-hybridized carbons (Fsp3) is 0.273. The molecule has 0 radical (unpaired) electrons. The zero-order chi connectivity index (χ0) is 11.5. The number of anilines is 1. The summed E-state index contributed by atoms with van der Waals surface area (Å²) >= 11 is 0. The van der Waals surface area contributed by atoms with Crippen LogP contribution in [-0.2, 0) is 14.3 Å². The van der Waals surface area contributed by atoms with Crippen molar-refractivity contribution in [2.24, 2.45) is 0 Å². The summed E-state index contributed by atoms with van der Waals surface area (Å²) in [5, 5.41) is 2.67. The molecule has 1 aliphatic heterocycles. The second-order valence-electron chi connectivity index (χ2n) is 3.37. The maximum atomic E-state index is 11.6. The fourth-order valence-electron chi connectivity index (χ4n) is 1.46. The number of methoxy groups -OCH3 is 1. The average molecular weight is 221 g/mol. The number of fused-ring (bicyclic) bond motifs is 1. The van der Waals surface area contributed by atoms with Gasteiger partial charge in [0.05, 0.1) is 19.2 Å². The number of benzene rings is 1. The van der Waals surface area contributed by atoms with E-state index in [4.69, 9.17) is 4.74 Å². The highest BCUT2D eigenvalue weighted by molar-refractivity contribution is 5.99. The predicted molar refractivity (Wildman–Crippen MR) is 56.1 cm³/mol. The van der Waals surface area contributed by atoms with Gasteiger partial charge in [-0.25, -0.2) is 0 Å². The van der Waals surface area contributed by atoms with Gasteiger partial charge in [0.15, 0.2) is 6.10 Å². The molecule has 1 aromatic rings. The molecule has 1 atom stereocenters. The Labute approximate surface area is 92.4 Å². The molecule has 5 heteroatoms. The second kappa shape index (κ2) is 4.22. The van der Waals surface area contributed by atoms with E-state index in [1.165, 1.54) is 7.11 Å². The predicted octanol–water partition coefficient (Wildman–Crippen LogP) is 0.949. The van der Waals surface area contributed by atoms with Crippen molar-refractivity contribution >= 4 is 17.6 Å². The molecule has 0 unspecified atom stereocenters. The molecule has 2 rings (SSSR count). The van der Waals surface area contributed by atoms with E-state index in [1.54, 1.807) is 24.3 Å². The minimum Gasteiger partial charge on any atom is -0.478 e. The molecule has 84 valence electrons. The van der Waals surface area contributed by atoms with E-state index in [1.807, 2.05) is 0 Å². The zero-order valence-electron chi connectivity index (χ0n) is 8.73. The van der Waals surface area contributed by atoms with Crippen LogP contribution in [0.5, 0.6) is 5.75 Å². The van der Waals surface area contributed by atoms with Crippen LogP contribution in [0.1, 0.15) is 6.42 Å². The van der Waals surface area contributed by atoms with Gasteiger partial charge in [0.1, 0.15) is 5.75 Å². The van der Waals surface area contributed by atoms with Gasteiger partial charge < -0.3 is 14.8 Å². The maximum absolute atomic E-state index is 11.6. The number of para-hydroxylation sites is 2. The molecule has 0 spiro atoms. The van der Waals surface area contributed by atoms with Crippen LogP contribution < -0.4 is 10.1 Å². The molecule has 0 bridgehead atoms. The Morgan fingerprint density at radius 2 is 2.25 bits per heavy atom. The Kier molecular flexibility index (Phi) is 2.76. The third-order valence-electron chi connectivity index (χ3n) is 2.29. The van der Waals surface area contributed by atoms with Crippen LogP contribution in [-0.4, -0.2) is 25.1 Å². The Morgan fingerprint density at radius 1 is 1.50 bits per heavy atom. The summed E-state index contributed by atoms with van der Waals surface area (Å²) in [6, 6.07) is 7.06. The molecule has 0 saturated heterocycles. The van der Waals surface area contributed by atoms with Crippen LogP contribution in [0.25, 0.3) is 0 Å². The first-order chi connectivity index (χ1) is 7.70. The van der Waals surface area contributed by atoms with Crippen molar-refractivity contribution in [3.8, 4) is 5.75 Å². The van der Waals surface area contributed by atoms with Crippen LogP contribution in [0.2, 0.25) is 0 Å². The van der Waals surface area contributed by atoms with Gasteiger partial charge in [-0.1, -0.05) is 12.1 Å². The third-order valence-corrected chi connectivity index (χ3v) is 2.29. The van der Waals surface area contributed by atoms with E-state index in [2.05, 4.69) is 10.1 Å². The molecule has 0 aromatic heterocycles. The summed E-state index contributed by atoms with van der Waals surface area (Å²) in [6.07, 6.45) is -0.904. The van der Waals surface area contributed by atoms with E-state index in [0.717, 1.165) is 0 Å². The molecular weight excluding hydrogens is 210 g/mol. The number of carbonyl (C=O) groups is 2. The summed E-state index contributed by atoms with van der Waals surface area (Å²) in [7, 11) is 1.27. The smallest absolute Gasteiger partial charge is 0.309 e. The molecular formula is C11H11NO4. The van der Waals surface area contributed by atoms with Crippen molar-refractivity contribution in [1.29, 1.82) is 0 Å². The summed E-state index contributed by atoms with van der Waals surface area (Å²) < 4.78 is 9.89. The third kappa shape index (κ3) is 1.98. The van der Waals surface area contributed by atoms with E-state index in [9.17, 15) is 9.59 Å². The first kappa shape index (κ1) is 10.5. The molecule has 0 saturated carbocycles. The van der Waals surface area contributed by atoms with Crippen LogP contribution in [0.4, 0.5) is 5.69 Å². The Bertz CT molecular complexity index is 430. The van der Waals surface area contributed by atoms with Crippen LogP contribution in [0, 0.1) is 0 Å². The lowest BCUT2D eigenvalue weighted by Gasteiger charge is -2.24. The topological polar surface area (TPSA) is 64.6 Å². The molecule has 0 aliphatic carbocycles. The van der Waals surface area contributed by atoms with E-state index in [0.29, 0.717) is 11.4 Å². The van der Waals surface area contributed by atoms with Gasteiger partial charge in [-0.3, -0.25) is 9.59 Å². The number of hydrogen-bond acceptors (Lipinski definition) is 4. The summed E-state index contributed by atoms with van der Waals surface area (Å²) in [6.45, 7) is 0. The Balaban J connectivity index is 2.15. The van der Waals surface area contributed by atoms with Gasteiger partial charge in [0, 0.05) is 0 Å². The molecule has 16 heavy (non-hydrogen) atoms. The molecule has 0 fully saturated rings. The Morgan fingerprint density at radius 3 is 3.00 bits per heavy atom. The van der Waals surface area contributed by atoms with Gasteiger partial charge in [-0.2, -0.15) is 0 Å². The van der Waals surface area contributed by atoms with E-state index >= 15 is 0 Å². The largest absolute Gasteiger partial charge is 0.478 e. The maximum Gasteiger partial charge on any atom is 0.309 e. The number of amides is 1. The number of rotatable bonds is 2. The van der Waals surface area contributed by atoms with Crippen molar-refractivity contribution in [3.63, 3.8) is 0 Å². The SMILES string of the molecule is COC(=O)C[C@@H]1Oc2ccccc2NC1=O. The number of nitrogens with one attached hydrogen (secondary N) is 1. The summed E-state index contributed by atoms with van der Waals surface area (Å²) in [4.78, 5) is 22.6. The van der Waals surface area contributed by atoms with Crippen molar-refractivity contribution in [2.75, 3.05) is 12.4 Å². The van der Waals surface area contributed by atoms with Gasteiger partial charge >= 0.3 is 5.97 Å². The van der Waals surface area contributed by atoms with Crippen molar-refractivity contribution < 1.29 is 19.1 Å². The van der Waals surface area contributed by atoms with Gasteiger partial charge in [-0.15, -0.1) is 0 Å². The van der Waals surface area contributed by atoms with Crippen molar-refractivity contribution in [3.05, 3.63) is 24.3 Å². The number of hydrogen-bond donors (Lipinski definition) is 1. The molecule has 1 aromatic carbocycles. The second-order valence-corrected chi connectivity index (χ2v) is 3.37. The quantitative estimate of drug-likeness (QED) is 0.755. The number of esters is 1. The van der Waals surface area contributed by atoms with Gasteiger partial charge in [0.2, 0.25) is 0 Å². The summed E-state index contributed by atoms with van der Waals surface area (Å²) in [5.74, 6) is -0.236. The van der Waals surface area contributed by atoms with E-state index in [-0.39, 0.29) is 12.3 Å². The first-order valence-corrected chi connectivity index (χ1v) is 4.84. The minimum atomic E-state index is -0.817. The number of ether oxygens (including phenoxy) is 2. The van der Waals surface area contributed by atoms with Crippen molar-refractivity contribution in [2.45, 2.75) is 12.5 Å². The van der Waals surface area contributed by atoms with Crippen LogP contribution in [0.15, 0.2) is 24.3 Å². The van der Waals surface area contributed by atoms with Crippen LogP contribution in [0.3, 0.4) is 0 Å².